The average molecular weight is 349 g/mol. The molecule has 3 rings (SSSR count). The molecule has 6 nitrogen and oxygen atoms in total. The number of carbonyl (C=O) groups excluding carboxylic acids is 1. The number of anilines is 1. The third-order valence-electron chi connectivity index (χ3n) is 4.21. The third-order valence-corrected chi connectivity index (χ3v) is 4.21. The van der Waals surface area contributed by atoms with Crippen LogP contribution in [0, 0.1) is 0 Å². The summed E-state index contributed by atoms with van der Waals surface area (Å²) in [7, 11) is 1.59. The number of amides is 1. The van der Waals surface area contributed by atoms with Crippen LogP contribution in [-0.2, 0) is 13.0 Å². The summed E-state index contributed by atoms with van der Waals surface area (Å²) in [5.74, 6) is 0.761. The molecular weight excluding hydrogens is 326 g/mol. The van der Waals surface area contributed by atoms with E-state index in [0.29, 0.717) is 34.7 Å². The predicted octanol–water partition coefficient (Wildman–Crippen LogP) is 2.29. The zero-order chi connectivity index (χ0) is 18.4. The molecule has 0 spiro atoms. The van der Waals surface area contributed by atoms with Gasteiger partial charge in [-0.1, -0.05) is 36.4 Å². The number of fused-ring (bicyclic) bond motifs is 1. The van der Waals surface area contributed by atoms with Gasteiger partial charge < -0.3 is 16.4 Å². The van der Waals surface area contributed by atoms with Crippen molar-refractivity contribution in [1.29, 1.82) is 0 Å². The minimum absolute atomic E-state index is 0.197. The Bertz CT molecular complexity index is 895. The molecule has 4 N–H and O–H groups in total. The highest BCUT2D eigenvalue weighted by Gasteiger charge is 2.13. The van der Waals surface area contributed by atoms with Gasteiger partial charge in [0.25, 0.3) is 5.91 Å². The topological polar surface area (TPSA) is 92.9 Å². The van der Waals surface area contributed by atoms with Gasteiger partial charge in [0.2, 0.25) is 0 Å². The second kappa shape index (κ2) is 8.40. The fourth-order valence-corrected chi connectivity index (χ4v) is 2.93. The molecule has 0 atom stereocenters. The Labute approximate surface area is 152 Å². The van der Waals surface area contributed by atoms with Crippen molar-refractivity contribution in [2.45, 2.75) is 19.4 Å². The Hall–Kier alpha value is -2.99. The molecule has 134 valence electrons. The van der Waals surface area contributed by atoms with Crippen LogP contribution in [0.2, 0.25) is 0 Å². The minimum atomic E-state index is -0.197. The van der Waals surface area contributed by atoms with Crippen LogP contribution in [0.5, 0.6) is 0 Å². The van der Waals surface area contributed by atoms with Crippen molar-refractivity contribution < 1.29 is 4.79 Å². The smallest absolute Gasteiger partial charge is 0.251 e. The maximum absolute atomic E-state index is 12.0. The van der Waals surface area contributed by atoms with Gasteiger partial charge in [0, 0.05) is 7.05 Å². The Balaban J connectivity index is 1.63. The van der Waals surface area contributed by atoms with E-state index in [-0.39, 0.29) is 5.91 Å². The standard InChI is InChI=1S/C20H23N5O/c1-22-20(26)15-10-5-11-16-18(15)19(21)25-17(24-16)13-23-12-6-9-14-7-3-2-4-8-14/h2-5,7-8,10-11,23H,6,9,12-13H2,1H3,(H,22,26)(H2,21,24,25). The van der Waals surface area contributed by atoms with Crippen LogP contribution in [0.25, 0.3) is 10.9 Å². The Kier molecular flexibility index (Phi) is 5.76. The number of nitrogens with one attached hydrogen (secondary N) is 2. The van der Waals surface area contributed by atoms with E-state index in [2.05, 4.69) is 44.9 Å². The molecule has 1 heterocycles. The summed E-state index contributed by atoms with van der Waals surface area (Å²) in [5, 5.41) is 6.56. The largest absolute Gasteiger partial charge is 0.383 e. The van der Waals surface area contributed by atoms with E-state index in [1.807, 2.05) is 12.1 Å². The van der Waals surface area contributed by atoms with Gasteiger partial charge in [0.1, 0.15) is 11.6 Å². The SMILES string of the molecule is CNC(=O)c1cccc2nc(CNCCCc3ccccc3)nc(N)c12. The van der Waals surface area contributed by atoms with Crippen molar-refractivity contribution in [1.82, 2.24) is 20.6 Å². The molecule has 26 heavy (non-hydrogen) atoms. The number of hydrogen-bond donors (Lipinski definition) is 3. The van der Waals surface area contributed by atoms with Gasteiger partial charge in [0.05, 0.1) is 23.0 Å². The summed E-state index contributed by atoms with van der Waals surface area (Å²) >= 11 is 0. The summed E-state index contributed by atoms with van der Waals surface area (Å²) < 4.78 is 0. The van der Waals surface area contributed by atoms with Gasteiger partial charge in [-0.15, -0.1) is 0 Å². The van der Waals surface area contributed by atoms with Crippen LogP contribution in [0.4, 0.5) is 5.82 Å². The number of nitrogen functional groups attached to an aromatic ring is 1. The molecular formula is C20H23N5O. The highest BCUT2D eigenvalue weighted by atomic mass is 16.1. The third kappa shape index (κ3) is 4.15. The fourth-order valence-electron chi connectivity index (χ4n) is 2.93. The van der Waals surface area contributed by atoms with Gasteiger partial charge in [-0.2, -0.15) is 0 Å². The van der Waals surface area contributed by atoms with Gasteiger partial charge in [-0.3, -0.25) is 4.79 Å². The van der Waals surface area contributed by atoms with E-state index in [9.17, 15) is 4.79 Å². The van der Waals surface area contributed by atoms with Gasteiger partial charge in [-0.05, 0) is 37.1 Å². The van der Waals surface area contributed by atoms with Crippen molar-refractivity contribution in [2.24, 2.45) is 0 Å². The highest BCUT2D eigenvalue weighted by molar-refractivity contribution is 6.09. The van der Waals surface area contributed by atoms with E-state index in [1.165, 1.54) is 5.56 Å². The molecule has 0 saturated heterocycles. The van der Waals surface area contributed by atoms with Crippen molar-refractivity contribution in [3.63, 3.8) is 0 Å². The first-order chi connectivity index (χ1) is 12.7. The normalized spacial score (nSPS) is 10.8. The lowest BCUT2D eigenvalue weighted by Crippen LogP contribution is -2.20. The lowest BCUT2D eigenvalue weighted by molar-refractivity contribution is 0.0964. The zero-order valence-corrected chi connectivity index (χ0v) is 14.8. The molecule has 6 heteroatoms. The van der Waals surface area contributed by atoms with Crippen LogP contribution >= 0.6 is 0 Å². The van der Waals surface area contributed by atoms with E-state index in [4.69, 9.17) is 5.73 Å². The Morgan fingerprint density at radius 3 is 2.65 bits per heavy atom. The molecule has 3 aromatic rings. The molecule has 1 aromatic heterocycles. The quantitative estimate of drug-likeness (QED) is 0.569. The molecule has 0 saturated carbocycles. The number of carbonyl (C=O) groups is 1. The number of aryl methyl sites for hydroxylation is 1. The molecule has 0 aliphatic heterocycles. The summed E-state index contributed by atoms with van der Waals surface area (Å²) in [6, 6.07) is 15.8. The van der Waals surface area contributed by atoms with E-state index < -0.39 is 0 Å². The van der Waals surface area contributed by atoms with Crippen LogP contribution < -0.4 is 16.4 Å². The number of nitrogens with zero attached hydrogens (tertiary/aromatic N) is 2. The summed E-state index contributed by atoms with van der Waals surface area (Å²) in [6.07, 6.45) is 2.07. The van der Waals surface area contributed by atoms with Crippen molar-refractivity contribution >= 4 is 22.6 Å². The predicted molar refractivity (Wildman–Crippen MR) is 104 cm³/mol. The lowest BCUT2D eigenvalue weighted by atomic mass is 10.1. The maximum atomic E-state index is 12.0. The molecule has 0 bridgehead atoms. The van der Waals surface area contributed by atoms with E-state index in [0.717, 1.165) is 19.4 Å². The first kappa shape index (κ1) is 17.8. The highest BCUT2D eigenvalue weighted by Crippen LogP contribution is 2.22. The maximum Gasteiger partial charge on any atom is 0.251 e. The number of benzene rings is 2. The van der Waals surface area contributed by atoms with Crippen molar-refractivity contribution in [3.05, 3.63) is 65.5 Å². The minimum Gasteiger partial charge on any atom is -0.383 e. The Morgan fingerprint density at radius 2 is 1.88 bits per heavy atom. The second-order valence-corrected chi connectivity index (χ2v) is 6.07. The van der Waals surface area contributed by atoms with Crippen molar-refractivity contribution in [3.8, 4) is 0 Å². The molecule has 1 amide bonds. The second-order valence-electron chi connectivity index (χ2n) is 6.07. The molecule has 0 aliphatic carbocycles. The first-order valence-electron chi connectivity index (χ1n) is 8.71. The average Bonchev–Trinajstić information content (AvgIpc) is 2.67. The van der Waals surface area contributed by atoms with Crippen molar-refractivity contribution in [2.75, 3.05) is 19.3 Å². The van der Waals surface area contributed by atoms with Crippen LogP contribution in [-0.4, -0.2) is 29.5 Å². The monoisotopic (exact) mass is 349 g/mol. The first-order valence-corrected chi connectivity index (χ1v) is 8.71. The summed E-state index contributed by atoms with van der Waals surface area (Å²) in [5.41, 5.74) is 8.60. The molecule has 0 unspecified atom stereocenters. The molecule has 0 aliphatic rings. The van der Waals surface area contributed by atoms with Crippen LogP contribution in [0.1, 0.15) is 28.2 Å². The Morgan fingerprint density at radius 1 is 1.08 bits per heavy atom. The molecule has 0 radical (unpaired) electrons. The van der Waals surface area contributed by atoms with Crippen LogP contribution in [0.3, 0.4) is 0 Å². The summed E-state index contributed by atoms with van der Waals surface area (Å²) in [6.45, 7) is 1.41. The number of rotatable bonds is 7. The lowest BCUT2D eigenvalue weighted by Gasteiger charge is -2.10. The van der Waals surface area contributed by atoms with Gasteiger partial charge >= 0.3 is 0 Å². The number of nitrogens with two attached hydrogens (primary N) is 1. The number of aromatic nitrogens is 2. The van der Waals surface area contributed by atoms with E-state index >= 15 is 0 Å². The number of hydrogen-bond acceptors (Lipinski definition) is 5. The molecule has 2 aromatic carbocycles. The van der Waals surface area contributed by atoms with Crippen LogP contribution in [0.15, 0.2) is 48.5 Å². The van der Waals surface area contributed by atoms with Gasteiger partial charge in [-0.25, -0.2) is 9.97 Å². The molecule has 0 fully saturated rings. The van der Waals surface area contributed by atoms with Gasteiger partial charge in [0.15, 0.2) is 0 Å². The summed E-state index contributed by atoms with van der Waals surface area (Å²) in [4.78, 5) is 20.9. The zero-order valence-electron chi connectivity index (χ0n) is 14.8. The van der Waals surface area contributed by atoms with E-state index in [1.54, 1.807) is 19.2 Å². The fraction of sp³-hybridized carbons (Fsp3) is 0.250.